The van der Waals surface area contributed by atoms with Gasteiger partial charge in [0.1, 0.15) is 17.5 Å². The highest BCUT2D eigenvalue weighted by atomic mass is 16.5. The highest BCUT2D eigenvalue weighted by molar-refractivity contribution is 5.44. The average molecular weight is 374 g/mol. The topological polar surface area (TPSA) is 68.5 Å². The molecule has 1 fully saturated rings. The lowest BCUT2D eigenvalue weighted by atomic mass is 10.00. The molecule has 0 bridgehead atoms. The summed E-state index contributed by atoms with van der Waals surface area (Å²) in [6.45, 7) is 10.2. The minimum atomic E-state index is -0.219. The van der Waals surface area contributed by atoms with Crippen molar-refractivity contribution in [3.63, 3.8) is 0 Å². The fourth-order valence-corrected chi connectivity index (χ4v) is 3.47. The third-order valence-electron chi connectivity index (χ3n) is 5.01. The molecular formula is C19H30N6O2. The summed E-state index contributed by atoms with van der Waals surface area (Å²) in [5.41, 5.74) is 0.826. The fraction of sp³-hybridized carbons (Fsp3) is 0.632. The van der Waals surface area contributed by atoms with E-state index in [9.17, 15) is 0 Å². The Labute approximate surface area is 161 Å². The zero-order chi connectivity index (χ0) is 19.6. The van der Waals surface area contributed by atoms with Crippen molar-refractivity contribution in [2.75, 3.05) is 47.4 Å². The van der Waals surface area contributed by atoms with Crippen LogP contribution in [0.3, 0.4) is 0 Å². The summed E-state index contributed by atoms with van der Waals surface area (Å²) >= 11 is 0. The minimum Gasteiger partial charge on any atom is -0.497 e. The minimum absolute atomic E-state index is 0.0891. The van der Waals surface area contributed by atoms with Crippen LogP contribution in [0.5, 0.6) is 11.5 Å². The summed E-state index contributed by atoms with van der Waals surface area (Å²) in [4.78, 5) is 4.77. The molecule has 1 aliphatic rings. The number of aromatic nitrogens is 4. The predicted molar refractivity (Wildman–Crippen MR) is 103 cm³/mol. The van der Waals surface area contributed by atoms with Crippen LogP contribution < -0.4 is 9.47 Å². The summed E-state index contributed by atoms with van der Waals surface area (Å²) in [5.74, 6) is 2.38. The summed E-state index contributed by atoms with van der Waals surface area (Å²) in [7, 11) is 5.50. The Kier molecular flexibility index (Phi) is 5.67. The van der Waals surface area contributed by atoms with Gasteiger partial charge in [0.15, 0.2) is 5.82 Å². The first-order valence-electron chi connectivity index (χ1n) is 9.28. The van der Waals surface area contributed by atoms with Gasteiger partial charge in [-0.25, -0.2) is 4.68 Å². The normalized spacial score (nSPS) is 17.7. The van der Waals surface area contributed by atoms with Gasteiger partial charge in [-0.1, -0.05) is 0 Å². The van der Waals surface area contributed by atoms with E-state index < -0.39 is 0 Å². The molecule has 0 unspecified atom stereocenters. The molecule has 3 rings (SSSR count). The summed E-state index contributed by atoms with van der Waals surface area (Å²) in [6.07, 6.45) is 0. The zero-order valence-corrected chi connectivity index (χ0v) is 17.1. The Morgan fingerprint density at radius 1 is 1.04 bits per heavy atom. The van der Waals surface area contributed by atoms with Gasteiger partial charge >= 0.3 is 0 Å². The molecule has 0 saturated carbocycles. The van der Waals surface area contributed by atoms with Crippen LogP contribution in [-0.4, -0.2) is 77.5 Å². The van der Waals surface area contributed by atoms with Crippen LogP contribution in [0.15, 0.2) is 18.2 Å². The summed E-state index contributed by atoms with van der Waals surface area (Å²) < 4.78 is 13.0. The largest absolute Gasteiger partial charge is 0.497 e. The van der Waals surface area contributed by atoms with Crippen LogP contribution >= 0.6 is 0 Å². The van der Waals surface area contributed by atoms with E-state index in [2.05, 4.69) is 59.2 Å². The van der Waals surface area contributed by atoms with Crippen LogP contribution in [0.25, 0.3) is 0 Å². The van der Waals surface area contributed by atoms with Gasteiger partial charge in [-0.3, -0.25) is 4.90 Å². The highest BCUT2D eigenvalue weighted by Gasteiger charge is 2.34. The smallest absolute Gasteiger partial charge is 0.173 e. The molecule has 8 nitrogen and oxygen atoms in total. The molecule has 0 aliphatic carbocycles. The number of benzene rings is 1. The average Bonchev–Trinajstić information content (AvgIpc) is 3.13. The van der Waals surface area contributed by atoms with Gasteiger partial charge in [-0.05, 0) is 50.4 Å². The van der Waals surface area contributed by atoms with Crippen molar-refractivity contribution in [3.8, 4) is 11.5 Å². The molecule has 8 heteroatoms. The summed E-state index contributed by atoms with van der Waals surface area (Å²) in [5, 5.41) is 12.7. The van der Waals surface area contributed by atoms with Gasteiger partial charge in [0.05, 0.1) is 19.8 Å². The molecule has 1 aliphatic heterocycles. The van der Waals surface area contributed by atoms with Crippen molar-refractivity contribution < 1.29 is 9.47 Å². The van der Waals surface area contributed by atoms with Gasteiger partial charge < -0.3 is 14.4 Å². The van der Waals surface area contributed by atoms with Gasteiger partial charge in [0.2, 0.25) is 0 Å². The predicted octanol–water partition coefficient (Wildman–Crippen LogP) is 1.78. The molecule has 27 heavy (non-hydrogen) atoms. The number of ether oxygens (including phenoxy) is 2. The number of likely N-dealkylation sites (N-methyl/N-ethyl adjacent to an activating group) is 1. The maximum Gasteiger partial charge on any atom is 0.173 e. The van der Waals surface area contributed by atoms with Crippen LogP contribution in [0, 0.1) is 0 Å². The van der Waals surface area contributed by atoms with E-state index in [0.717, 1.165) is 49.1 Å². The Balaban J connectivity index is 2.11. The Hall–Kier alpha value is -2.19. The monoisotopic (exact) mass is 374 g/mol. The second-order valence-corrected chi connectivity index (χ2v) is 7.97. The highest BCUT2D eigenvalue weighted by Crippen LogP contribution is 2.37. The lowest BCUT2D eigenvalue weighted by Gasteiger charge is -2.38. The second-order valence-electron chi connectivity index (χ2n) is 7.97. The first kappa shape index (κ1) is 19.6. The number of methoxy groups -OCH3 is 2. The molecule has 0 N–H and O–H groups in total. The van der Waals surface area contributed by atoms with Crippen molar-refractivity contribution >= 4 is 0 Å². The van der Waals surface area contributed by atoms with Crippen molar-refractivity contribution in [3.05, 3.63) is 29.6 Å². The first-order valence-corrected chi connectivity index (χ1v) is 9.28. The van der Waals surface area contributed by atoms with Gasteiger partial charge in [-0.15, -0.1) is 5.10 Å². The fourth-order valence-electron chi connectivity index (χ4n) is 3.47. The van der Waals surface area contributed by atoms with Gasteiger partial charge in [0, 0.05) is 37.8 Å². The maximum atomic E-state index is 5.71. The molecule has 1 aromatic carbocycles. The molecule has 148 valence electrons. The molecule has 0 amide bonds. The Morgan fingerprint density at radius 3 is 2.33 bits per heavy atom. The number of hydrogen-bond donors (Lipinski definition) is 0. The maximum absolute atomic E-state index is 5.71. The van der Waals surface area contributed by atoms with E-state index in [4.69, 9.17) is 9.47 Å². The van der Waals surface area contributed by atoms with Crippen molar-refractivity contribution in [1.82, 2.24) is 30.0 Å². The number of nitrogens with zero attached hydrogens (tertiary/aromatic N) is 6. The van der Waals surface area contributed by atoms with Crippen LogP contribution in [0.4, 0.5) is 0 Å². The second kappa shape index (κ2) is 7.82. The number of hydrogen-bond acceptors (Lipinski definition) is 7. The summed E-state index contributed by atoms with van der Waals surface area (Å²) in [6, 6.07) is 5.85. The lowest BCUT2D eigenvalue weighted by Crippen LogP contribution is -2.47. The van der Waals surface area contributed by atoms with E-state index in [0.29, 0.717) is 0 Å². The third-order valence-corrected chi connectivity index (χ3v) is 5.01. The molecule has 0 spiro atoms. The third kappa shape index (κ3) is 4.06. The first-order chi connectivity index (χ1) is 12.8. The van der Waals surface area contributed by atoms with Crippen molar-refractivity contribution in [1.29, 1.82) is 0 Å². The van der Waals surface area contributed by atoms with Crippen molar-refractivity contribution in [2.45, 2.75) is 32.4 Å². The van der Waals surface area contributed by atoms with E-state index >= 15 is 0 Å². The molecule has 2 heterocycles. The SMILES string of the molecule is COc1ccc([C@@H](c2nnnn2C(C)(C)C)N2CCN(C)CC2)c(OC)c1. The molecule has 0 radical (unpaired) electrons. The van der Waals surface area contributed by atoms with Crippen molar-refractivity contribution in [2.24, 2.45) is 0 Å². The van der Waals surface area contributed by atoms with E-state index in [1.807, 2.05) is 16.8 Å². The van der Waals surface area contributed by atoms with Gasteiger partial charge in [-0.2, -0.15) is 0 Å². The molecule has 2 aromatic rings. The Bertz CT molecular complexity index is 762. The zero-order valence-electron chi connectivity index (χ0n) is 17.1. The standard InChI is InChI=1S/C19H30N6O2/c1-19(2,3)25-18(20-21-22-25)17(24-11-9-23(4)10-12-24)15-8-7-14(26-5)13-16(15)27-6/h7-8,13,17H,9-12H2,1-6H3/t17-/m0/s1. The quantitative estimate of drug-likeness (QED) is 0.790. The van der Waals surface area contributed by atoms with Crippen LogP contribution in [-0.2, 0) is 5.54 Å². The van der Waals surface area contributed by atoms with Gasteiger partial charge in [0.25, 0.3) is 0 Å². The van der Waals surface area contributed by atoms with Crippen LogP contribution in [0.2, 0.25) is 0 Å². The number of tetrazole rings is 1. The Morgan fingerprint density at radius 2 is 1.74 bits per heavy atom. The molecule has 1 saturated heterocycles. The molecule has 1 atom stereocenters. The van der Waals surface area contributed by atoms with Crippen LogP contribution in [0.1, 0.15) is 38.2 Å². The lowest BCUT2D eigenvalue weighted by molar-refractivity contribution is 0.117. The van der Waals surface area contributed by atoms with E-state index in [-0.39, 0.29) is 11.6 Å². The van der Waals surface area contributed by atoms with E-state index in [1.54, 1.807) is 14.2 Å². The number of piperazine rings is 1. The molecule has 1 aromatic heterocycles. The van der Waals surface area contributed by atoms with E-state index in [1.165, 1.54) is 0 Å². The molecular weight excluding hydrogens is 344 g/mol. The number of rotatable bonds is 5.